The maximum atomic E-state index is 12.4. The van der Waals surface area contributed by atoms with Gasteiger partial charge in [0.25, 0.3) is 5.91 Å². The van der Waals surface area contributed by atoms with Crippen molar-refractivity contribution in [1.82, 2.24) is 10.2 Å². The molecule has 0 radical (unpaired) electrons. The molecular formula is C17H24N2O3S. The second kappa shape index (κ2) is 8.93. The van der Waals surface area contributed by atoms with E-state index in [1.807, 2.05) is 41.5 Å². The highest BCUT2D eigenvalue weighted by molar-refractivity contribution is 7.98. The van der Waals surface area contributed by atoms with Crippen LogP contribution in [0.3, 0.4) is 0 Å². The molecule has 0 aliphatic carbocycles. The SMILES string of the molecule is CSCC[C@@H](NC1CCN(C(=O)c2ccccc2)CC1)C(=O)O. The summed E-state index contributed by atoms with van der Waals surface area (Å²) in [5, 5.41) is 12.5. The Morgan fingerprint density at radius 1 is 1.30 bits per heavy atom. The molecule has 1 saturated heterocycles. The summed E-state index contributed by atoms with van der Waals surface area (Å²) in [6.45, 7) is 1.33. The Balaban J connectivity index is 1.83. The summed E-state index contributed by atoms with van der Waals surface area (Å²) in [6.07, 6.45) is 4.19. The minimum absolute atomic E-state index is 0.0567. The third kappa shape index (κ3) is 5.25. The van der Waals surface area contributed by atoms with Crippen molar-refractivity contribution in [2.45, 2.75) is 31.3 Å². The van der Waals surface area contributed by atoms with Crippen molar-refractivity contribution in [2.75, 3.05) is 25.1 Å². The summed E-state index contributed by atoms with van der Waals surface area (Å²) in [7, 11) is 0. The standard InChI is InChI=1S/C17H24N2O3S/c1-23-12-9-15(17(21)22)18-14-7-10-19(11-8-14)16(20)13-5-3-2-4-6-13/h2-6,14-15,18H,7-12H2,1H3,(H,21,22)/t15-/m1/s1. The first kappa shape index (κ1) is 17.8. The molecule has 5 nitrogen and oxygen atoms in total. The van der Waals surface area contributed by atoms with Gasteiger partial charge >= 0.3 is 5.97 Å². The molecule has 1 atom stereocenters. The second-order valence-corrected chi connectivity index (χ2v) is 6.76. The topological polar surface area (TPSA) is 69.6 Å². The van der Waals surface area contributed by atoms with Crippen molar-refractivity contribution in [3.8, 4) is 0 Å². The number of likely N-dealkylation sites (tertiary alicyclic amines) is 1. The van der Waals surface area contributed by atoms with Crippen molar-refractivity contribution in [3.63, 3.8) is 0 Å². The lowest BCUT2D eigenvalue weighted by Crippen LogP contribution is -2.50. The molecule has 0 saturated carbocycles. The van der Waals surface area contributed by atoms with Crippen molar-refractivity contribution < 1.29 is 14.7 Å². The first-order chi connectivity index (χ1) is 11.1. The van der Waals surface area contributed by atoms with E-state index in [0.717, 1.165) is 18.6 Å². The number of aliphatic carboxylic acids is 1. The molecule has 1 fully saturated rings. The van der Waals surface area contributed by atoms with Crippen molar-refractivity contribution in [1.29, 1.82) is 0 Å². The molecule has 0 bridgehead atoms. The number of piperidine rings is 1. The molecule has 1 amide bonds. The average Bonchev–Trinajstić information content (AvgIpc) is 2.59. The van der Waals surface area contributed by atoms with Crippen LogP contribution in [-0.2, 0) is 4.79 Å². The van der Waals surface area contributed by atoms with Crippen molar-refractivity contribution in [3.05, 3.63) is 35.9 Å². The maximum absolute atomic E-state index is 12.4. The van der Waals surface area contributed by atoms with Crippen LogP contribution in [0.1, 0.15) is 29.6 Å². The number of carboxylic acids is 1. The highest BCUT2D eigenvalue weighted by Crippen LogP contribution is 2.15. The van der Waals surface area contributed by atoms with Gasteiger partial charge in [0.1, 0.15) is 6.04 Å². The van der Waals surface area contributed by atoms with E-state index in [1.54, 1.807) is 11.8 Å². The van der Waals surface area contributed by atoms with E-state index in [-0.39, 0.29) is 11.9 Å². The zero-order valence-corrected chi connectivity index (χ0v) is 14.2. The van der Waals surface area contributed by atoms with Gasteiger partial charge in [-0.25, -0.2) is 0 Å². The molecule has 1 aliphatic rings. The van der Waals surface area contributed by atoms with Gasteiger partial charge in [0.05, 0.1) is 0 Å². The summed E-state index contributed by atoms with van der Waals surface area (Å²) in [6, 6.07) is 8.95. The first-order valence-corrected chi connectivity index (χ1v) is 9.33. The van der Waals surface area contributed by atoms with Gasteiger partial charge in [-0.3, -0.25) is 9.59 Å². The number of nitrogens with zero attached hydrogens (tertiary/aromatic N) is 1. The van der Waals surface area contributed by atoms with Gasteiger partial charge in [-0.1, -0.05) is 18.2 Å². The average molecular weight is 336 g/mol. The molecule has 126 valence electrons. The quantitative estimate of drug-likeness (QED) is 0.798. The van der Waals surface area contributed by atoms with E-state index in [4.69, 9.17) is 0 Å². The van der Waals surface area contributed by atoms with Crippen LogP contribution < -0.4 is 5.32 Å². The number of carbonyl (C=O) groups excluding carboxylic acids is 1. The summed E-state index contributed by atoms with van der Waals surface area (Å²) in [5.41, 5.74) is 0.710. The molecule has 0 unspecified atom stereocenters. The number of amides is 1. The Morgan fingerprint density at radius 2 is 1.96 bits per heavy atom. The lowest BCUT2D eigenvalue weighted by molar-refractivity contribution is -0.139. The number of hydrogen-bond donors (Lipinski definition) is 2. The van der Waals surface area contributed by atoms with E-state index in [2.05, 4.69) is 5.32 Å². The van der Waals surface area contributed by atoms with Gasteiger partial charge in [0, 0.05) is 24.7 Å². The summed E-state index contributed by atoms with van der Waals surface area (Å²) < 4.78 is 0. The van der Waals surface area contributed by atoms with Crippen LogP contribution in [0.2, 0.25) is 0 Å². The molecule has 6 heteroatoms. The lowest BCUT2D eigenvalue weighted by atomic mass is 10.0. The zero-order chi connectivity index (χ0) is 16.7. The fourth-order valence-electron chi connectivity index (χ4n) is 2.81. The minimum atomic E-state index is -0.790. The van der Waals surface area contributed by atoms with Gasteiger partial charge in [0.15, 0.2) is 0 Å². The van der Waals surface area contributed by atoms with E-state index < -0.39 is 12.0 Å². The summed E-state index contributed by atoms with van der Waals surface area (Å²) in [4.78, 5) is 25.5. The van der Waals surface area contributed by atoms with Crippen LogP contribution in [0.4, 0.5) is 0 Å². The molecule has 1 aromatic rings. The maximum Gasteiger partial charge on any atom is 0.320 e. The molecule has 2 rings (SSSR count). The Hall–Kier alpha value is -1.53. The van der Waals surface area contributed by atoms with E-state index in [9.17, 15) is 14.7 Å². The Bertz CT molecular complexity index is 516. The van der Waals surface area contributed by atoms with Crippen molar-refractivity contribution >= 4 is 23.6 Å². The van der Waals surface area contributed by atoms with Crippen LogP contribution in [0.25, 0.3) is 0 Å². The summed E-state index contributed by atoms with van der Waals surface area (Å²) >= 11 is 1.66. The molecular weight excluding hydrogens is 312 g/mol. The molecule has 1 aromatic carbocycles. The first-order valence-electron chi connectivity index (χ1n) is 7.94. The minimum Gasteiger partial charge on any atom is -0.480 e. The van der Waals surface area contributed by atoms with E-state index >= 15 is 0 Å². The molecule has 0 aromatic heterocycles. The van der Waals surface area contributed by atoms with Crippen LogP contribution in [0.15, 0.2) is 30.3 Å². The Labute approximate surface area is 141 Å². The molecule has 0 spiro atoms. The fourth-order valence-corrected chi connectivity index (χ4v) is 3.28. The Kier molecular flexibility index (Phi) is 6.92. The number of hydrogen-bond acceptors (Lipinski definition) is 4. The predicted octanol–water partition coefficient (Wildman–Crippen LogP) is 2.09. The number of rotatable bonds is 7. The number of benzene rings is 1. The van der Waals surface area contributed by atoms with E-state index in [0.29, 0.717) is 25.1 Å². The zero-order valence-electron chi connectivity index (χ0n) is 13.4. The van der Waals surface area contributed by atoms with Crippen molar-refractivity contribution in [2.24, 2.45) is 0 Å². The van der Waals surface area contributed by atoms with Crippen LogP contribution in [-0.4, -0.2) is 59.1 Å². The number of thioether (sulfide) groups is 1. The van der Waals surface area contributed by atoms with Crippen LogP contribution in [0, 0.1) is 0 Å². The lowest BCUT2D eigenvalue weighted by Gasteiger charge is -2.34. The molecule has 23 heavy (non-hydrogen) atoms. The van der Waals surface area contributed by atoms with Crippen LogP contribution >= 0.6 is 11.8 Å². The highest BCUT2D eigenvalue weighted by Gasteiger charge is 2.27. The van der Waals surface area contributed by atoms with E-state index in [1.165, 1.54) is 0 Å². The largest absolute Gasteiger partial charge is 0.480 e. The predicted molar refractivity (Wildman–Crippen MR) is 92.9 cm³/mol. The van der Waals surface area contributed by atoms with Gasteiger partial charge in [-0.05, 0) is 43.4 Å². The third-order valence-electron chi connectivity index (χ3n) is 4.15. The number of carboxylic acid groups (broad SMARTS) is 1. The van der Waals surface area contributed by atoms with Crippen LogP contribution in [0.5, 0.6) is 0 Å². The normalized spacial score (nSPS) is 17.0. The van der Waals surface area contributed by atoms with Gasteiger partial charge in [-0.2, -0.15) is 11.8 Å². The summed E-state index contributed by atoms with van der Waals surface area (Å²) in [5.74, 6) is 0.0954. The third-order valence-corrected chi connectivity index (χ3v) is 4.79. The highest BCUT2D eigenvalue weighted by atomic mass is 32.2. The second-order valence-electron chi connectivity index (χ2n) is 5.77. The van der Waals surface area contributed by atoms with Gasteiger partial charge in [0.2, 0.25) is 0 Å². The number of nitrogens with one attached hydrogen (secondary N) is 1. The molecule has 1 aliphatic heterocycles. The molecule has 2 N–H and O–H groups in total. The fraction of sp³-hybridized carbons (Fsp3) is 0.529. The monoisotopic (exact) mass is 336 g/mol. The Morgan fingerprint density at radius 3 is 2.52 bits per heavy atom. The smallest absolute Gasteiger partial charge is 0.320 e. The number of carbonyl (C=O) groups is 2. The molecule has 1 heterocycles. The van der Waals surface area contributed by atoms with Gasteiger partial charge < -0.3 is 15.3 Å². The van der Waals surface area contributed by atoms with Gasteiger partial charge in [-0.15, -0.1) is 0 Å².